The fraction of sp³-hybridized carbons (Fsp3) is 0. The topological polar surface area (TPSA) is 66.7 Å². The number of hydrogen-bond acceptors (Lipinski definition) is 5. The highest BCUT2D eigenvalue weighted by molar-refractivity contribution is 7.22. The highest BCUT2D eigenvalue weighted by Gasteiger charge is 2.10. The van der Waals surface area contributed by atoms with E-state index in [9.17, 15) is 0 Å². The third-order valence-electron chi connectivity index (χ3n) is 3.87. The Morgan fingerprint density at radius 2 is 1.96 bits per heavy atom. The van der Waals surface area contributed by atoms with Crippen molar-refractivity contribution in [1.29, 1.82) is 0 Å². The van der Waals surface area contributed by atoms with Gasteiger partial charge in [0.15, 0.2) is 5.76 Å². The minimum Gasteiger partial charge on any atom is -0.422 e. The molecule has 6 heteroatoms. The molecule has 0 spiro atoms. The summed E-state index contributed by atoms with van der Waals surface area (Å²) in [6, 6.07) is 16.8. The van der Waals surface area contributed by atoms with Gasteiger partial charge in [-0.3, -0.25) is 5.10 Å². The molecule has 3 aromatic heterocycles. The lowest BCUT2D eigenvalue weighted by atomic mass is 10.2. The molecule has 116 valence electrons. The van der Waals surface area contributed by atoms with Gasteiger partial charge in [0.05, 0.1) is 22.8 Å². The Morgan fingerprint density at radius 1 is 1.00 bits per heavy atom. The zero-order valence-electron chi connectivity index (χ0n) is 12.5. The van der Waals surface area contributed by atoms with Crippen LogP contribution in [0.15, 0.2) is 65.3 Å². The van der Waals surface area contributed by atoms with Crippen LogP contribution < -0.4 is 5.32 Å². The largest absolute Gasteiger partial charge is 0.422 e. The van der Waals surface area contributed by atoms with Crippen LogP contribution >= 0.6 is 11.3 Å². The first-order valence-electron chi connectivity index (χ1n) is 7.50. The Labute approximate surface area is 141 Å². The van der Waals surface area contributed by atoms with Crippen molar-refractivity contribution in [3.8, 4) is 10.6 Å². The second kappa shape index (κ2) is 5.21. The molecule has 0 fully saturated rings. The van der Waals surface area contributed by atoms with Gasteiger partial charge in [0.2, 0.25) is 0 Å². The van der Waals surface area contributed by atoms with Crippen molar-refractivity contribution in [3.05, 3.63) is 60.9 Å². The highest BCUT2D eigenvalue weighted by Crippen LogP contribution is 2.34. The number of hydrogen-bond donors (Lipinski definition) is 2. The number of H-pyrrole nitrogens is 1. The summed E-state index contributed by atoms with van der Waals surface area (Å²) >= 11 is 1.70. The summed E-state index contributed by atoms with van der Waals surface area (Å²) in [5.74, 6) is 0.767. The van der Waals surface area contributed by atoms with Crippen LogP contribution in [0.1, 0.15) is 0 Å². The maximum Gasteiger partial charge on any atom is 0.299 e. The third-order valence-corrected chi connectivity index (χ3v) is 5.00. The molecule has 2 aromatic carbocycles. The van der Waals surface area contributed by atoms with Crippen LogP contribution in [0, 0.1) is 0 Å². The summed E-state index contributed by atoms with van der Waals surface area (Å²) in [7, 11) is 0. The molecule has 3 heterocycles. The van der Waals surface area contributed by atoms with Gasteiger partial charge in [0.25, 0.3) is 6.01 Å². The van der Waals surface area contributed by atoms with Crippen LogP contribution in [0.5, 0.6) is 0 Å². The maximum atomic E-state index is 5.86. The van der Waals surface area contributed by atoms with Gasteiger partial charge in [0, 0.05) is 15.8 Å². The number of aromatic amines is 1. The average Bonchev–Trinajstić information content (AvgIpc) is 3.33. The average molecular weight is 332 g/mol. The number of nitrogens with zero attached hydrogens (tertiary/aromatic N) is 2. The summed E-state index contributed by atoms with van der Waals surface area (Å²) in [4.78, 5) is 5.40. The number of oxazole rings is 1. The van der Waals surface area contributed by atoms with Gasteiger partial charge >= 0.3 is 0 Å². The van der Waals surface area contributed by atoms with Crippen LogP contribution in [-0.4, -0.2) is 15.2 Å². The van der Waals surface area contributed by atoms with Gasteiger partial charge < -0.3 is 9.73 Å². The fourth-order valence-corrected chi connectivity index (χ4v) is 3.70. The van der Waals surface area contributed by atoms with Crippen molar-refractivity contribution in [2.75, 3.05) is 5.32 Å². The standard InChI is InChI=1S/C18H12N4OS/c1-2-4-16-11(3-1)8-17(24-16)15-10-19-18(23-15)21-13-5-6-14-12(7-13)9-20-22-14/h1-10H,(H,19,21)(H,20,22). The van der Waals surface area contributed by atoms with Crippen molar-refractivity contribution in [2.45, 2.75) is 0 Å². The molecule has 5 rings (SSSR count). The molecule has 2 N–H and O–H groups in total. The number of benzene rings is 2. The summed E-state index contributed by atoms with van der Waals surface area (Å²) in [6.45, 7) is 0. The van der Waals surface area contributed by atoms with Crippen molar-refractivity contribution in [1.82, 2.24) is 15.2 Å². The molecular weight excluding hydrogens is 320 g/mol. The normalized spacial score (nSPS) is 11.3. The molecule has 0 bridgehead atoms. The molecule has 5 aromatic rings. The van der Waals surface area contributed by atoms with Crippen LogP contribution in [-0.2, 0) is 0 Å². The summed E-state index contributed by atoms with van der Waals surface area (Å²) < 4.78 is 7.10. The van der Waals surface area contributed by atoms with Crippen LogP contribution in [0.2, 0.25) is 0 Å². The van der Waals surface area contributed by atoms with Gasteiger partial charge in [-0.1, -0.05) is 18.2 Å². The predicted molar refractivity (Wildman–Crippen MR) is 96.7 cm³/mol. The van der Waals surface area contributed by atoms with Crippen molar-refractivity contribution < 1.29 is 4.42 Å². The number of aromatic nitrogens is 3. The minimum absolute atomic E-state index is 0.477. The van der Waals surface area contributed by atoms with Gasteiger partial charge in [-0.2, -0.15) is 5.10 Å². The Hall–Kier alpha value is -3.12. The molecule has 0 aliphatic carbocycles. The lowest BCUT2D eigenvalue weighted by molar-refractivity contribution is 0.593. The number of anilines is 2. The molecule has 0 aliphatic rings. The fourth-order valence-electron chi connectivity index (χ4n) is 2.69. The number of fused-ring (bicyclic) bond motifs is 2. The van der Waals surface area contributed by atoms with Crippen LogP contribution in [0.4, 0.5) is 11.7 Å². The lowest BCUT2D eigenvalue weighted by Crippen LogP contribution is -1.89. The summed E-state index contributed by atoms with van der Waals surface area (Å²) in [6.07, 6.45) is 3.54. The van der Waals surface area contributed by atoms with Crippen LogP contribution in [0.25, 0.3) is 31.6 Å². The number of thiophene rings is 1. The second-order valence-electron chi connectivity index (χ2n) is 5.48. The van der Waals surface area contributed by atoms with E-state index in [0.29, 0.717) is 6.01 Å². The third kappa shape index (κ3) is 2.24. The van der Waals surface area contributed by atoms with Crippen LogP contribution in [0.3, 0.4) is 0 Å². The van der Waals surface area contributed by atoms with E-state index >= 15 is 0 Å². The molecular formula is C18H12N4OS. The van der Waals surface area contributed by atoms with E-state index in [1.165, 1.54) is 10.1 Å². The SMILES string of the molecule is c1ccc2sc(-c3cnc(Nc4ccc5[nH]ncc5c4)o3)cc2c1. The monoisotopic (exact) mass is 332 g/mol. The second-order valence-corrected chi connectivity index (χ2v) is 6.56. The molecule has 0 radical (unpaired) electrons. The van der Waals surface area contributed by atoms with Gasteiger partial charge in [0.1, 0.15) is 0 Å². The van der Waals surface area contributed by atoms with E-state index in [1.807, 2.05) is 30.3 Å². The lowest BCUT2D eigenvalue weighted by Gasteiger charge is -2.01. The predicted octanol–water partition coefficient (Wildman–Crippen LogP) is 5.18. The Morgan fingerprint density at radius 3 is 2.92 bits per heavy atom. The van der Waals surface area contributed by atoms with Gasteiger partial charge in [-0.25, -0.2) is 4.98 Å². The molecule has 0 aliphatic heterocycles. The summed E-state index contributed by atoms with van der Waals surface area (Å²) in [5.41, 5.74) is 1.91. The Bertz CT molecular complexity index is 1120. The molecule has 5 nitrogen and oxygen atoms in total. The van der Waals surface area contributed by atoms with E-state index in [1.54, 1.807) is 23.7 Å². The van der Waals surface area contributed by atoms with Crippen molar-refractivity contribution in [2.24, 2.45) is 0 Å². The molecule has 0 atom stereocenters. The molecule has 0 saturated heterocycles. The first-order chi connectivity index (χ1) is 11.8. The quantitative estimate of drug-likeness (QED) is 0.478. The molecule has 0 amide bonds. The summed E-state index contributed by atoms with van der Waals surface area (Å²) in [5, 5.41) is 12.4. The van der Waals surface area contributed by atoms with E-state index in [2.05, 4.69) is 38.7 Å². The van der Waals surface area contributed by atoms with E-state index in [0.717, 1.165) is 27.2 Å². The van der Waals surface area contributed by atoms with Crippen molar-refractivity contribution in [3.63, 3.8) is 0 Å². The van der Waals surface area contributed by atoms with E-state index in [4.69, 9.17) is 4.42 Å². The Balaban J connectivity index is 1.45. The zero-order valence-corrected chi connectivity index (χ0v) is 13.3. The smallest absolute Gasteiger partial charge is 0.299 e. The zero-order chi connectivity index (χ0) is 15.9. The van der Waals surface area contributed by atoms with Crippen molar-refractivity contribution >= 4 is 44.0 Å². The first kappa shape index (κ1) is 13.3. The van der Waals surface area contributed by atoms with E-state index < -0.39 is 0 Å². The molecule has 0 saturated carbocycles. The highest BCUT2D eigenvalue weighted by atomic mass is 32.1. The molecule has 0 unspecified atom stereocenters. The maximum absolute atomic E-state index is 5.86. The van der Waals surface area contributed by atoms with E-state index in [-0.39, 0.29) is 0 Å². The minimum atomic E-state index is 0.477. The Kier molecular flexibility index (Phi) is 2.89. The number of nitrogens with one attached hydrogen (secondary N) is 2. The number of rotatable bonds is 3. The van der Waals surface area contributed by atoms with Gasteiger partial charge in [-0.15, -0.1) is 11.3 Å². The first-order valence-corrected chi connectivity index (χ1v) is 8.32. The molecule has 24 heavy (non-hydrogen) atoms. The van der Waals surface area contributed by atoms with Gasteiger partial charge in [-0.05, 0) is 35.7 Å².